The maximum absolute atomic E-state index is 12.2. The van der Waals surface area contributed by atoms with Crippen LogP contribution in [-0.4, -0.2) is 16.0 Å². The number of phenolic OH excluding ortho intramolecular Hbond substituents is 2. The highest BCUT2D eigenvalue weighted by atomic mass is 16.3. The van der Waals surface area contributed by atoms with Crippen molar-refractivity contribution in [3.63, 3.8) is 0 Å². The van der Waals surface area contributed by atoms with Gasteiger partial charge in [-0.15, -0.1) is 0 Å². The maximum atomic E-state index is 12.2. The smallest absolute Gasteiger partial charge is 0.167 e. The Morgan fingerprint density at radius 1 is 1.05 bits per heavy atom. The molecule has 2 N–H and O–H groups in total. The van der Waals surface area contributed by atoms with Crippen LogP contribution in [0.5, 0.6) is 11.5 Å². The molecule has 0 bridgehead atoms. The van der Waals surface area contributed by atoms with Gasteiger partial charge in [0.1, 0.15) is 11.5 Å². The number of aryl methyl sites for hydroxylation is 1. The molecule has 1 aliphatic rings. The second-order valence-electron chi connectivity index (χ2n) is 5.44. The number of carbonyl (C=O) groups is 1. The number of carbonyl (C=O) groups excluding carboxylic acids is 1. The molecule has 2 aromatic rings. The number of benzene rings is 2. The topological polar surface area (TPSA) is 57.5 Å². The SMILES string of the molecule is Cc1ccc([C@@H]2CC(=O)c3c(O)cc(O)cc3C2)cc1. The molecule has 0 amide bonds. The Hall–Kier alpha value is -2.29. The van der Waals surface area contributed by atoms with Crippen LogP contribution in [0.2, 0.25) is 0 Å². The zero-order valence-corrected chi connectivity index (χ0v) is 11.3. The van der Waals surface area contributed by atoms with Crippen molar-refractivity contribution in [3.05, 3.63) is 58.7 Å². The highest BCUT2D eigenvalue weighted by Crippen LogP contribution is 2.38. The summed E-state index contributed by atoms with van der Waals surface area (Å²) < 4.78 is 0. The third-order valence-corrected chi connectivity index (χ3v) is 3.91. The van der Waals surface area contributed by atoms with Crippen molar-refractivity contribution in [1.29, 1.82) is 0 Å². The van der Waals surface area contributed by atoms with Gasteiger partial charge in [-0.05, 0) is 36.5 Å². The number of phenols is 2. The van der Waals surface area contributed by atoms with Gasteiger partial charge in [-0.3, -0.25) is 4.79 Å². The summed E-state index contributed by atoms with van der Waals surface area (Å²) in [6.45, 7) is 2.03. The van der Waals surface area contributed by atoms with Crippen LogP contribution in [0, 0.1) is 6.92 Å². The molecule has 0 spiro atoms. The van der Waals surface area contributed by atoms with Crippen LogP contribution in [0.4, 0.5) is 0 Å². The molecule has 0 saturated carbocycles. The molecule has 0 aliphatic heterocycles. The quantitative estimate of drug-likeness (QED) is 0.834. The molecule has 20 heavy (non-hydrogen) atoms. The maximum Gasteiger partial charge on any atom is 0.167 e. The number of hydrogen-bond acceptors (Lipinski definition) is 3. The van der Waals surface area contributed by atoms with Crippen LogP contribution in [0.25, 0.3) is 0 Å². The first-order chi connectivity index (χ1) is 9.54. The van der Waals surface area contributed by atoms with Gasteiger partial charge < -0.3 is 10.2 Å². The molecule has 1 aliphatic carbocycles. The summed E-state index contributed by atoms with van der Waals surface area (Å²) in [6.07, 6.45) is 1.06. The predicted octanol–water partition coefficient (Wildman–Crippen LogP) is 3.32. The summed E-state index contributed by atoms with van der Waals surface area (Å²) in [5.74, 6) is -0.0721. The Morgan fingerprint density at radius 3 is 2.45 bits per heavy atom. The molecule has 3 rings (SSSR count). The third kappa shape index (κ3) is 2.16. The highest BCUT2D eigenvalue weighted by molar-refractivity contribution is 6.01. The summed E-state index contributed by atoms with van der Waals surface area (Å²) >= 11 is 0. The number of fused-ring (bicyclic) bond motifs is 1. The van der Waals surface area contributed by atoms with E-state index < -0.39 is 0 Å². The Morgan fingerprint density at radius 2 is 1.75 bits per heavy atom. The number of hydrogen-bond donors (Lipinski definition) is 2. The van der Waals surface area contributed by atoms with E-state index in [9.17, 15) is 15.0 Å². The highest BCUT2D eigenvalue weighted by Gasteiger charge is 2.29. The summed E-state index contributed by atoms with van der Waals surface area (Å²) in [5.41, 5.74) is 3.40. The monoisotopic (exact) mass is 268 g/mol. The van der Waals surface area contributed by atoms with Crippen LogP contribution in [-0.2, 0) is 6.42 Å². The van der Waals surface area contributed by atoms with E-state index in [-0.39, 0.29) is 23.2 Å². The van der Waals surface area contributed by atoms with E-state index in [1.165, 1.54) is 11.6 Å². The van der Waals surface area contributed by atoms with Gasteiger partial charge in [-0.25, -0.2) is 0 Å². The second kappa shape index (κ2) is 4.67. The molecular formula is C17H16O3. The van der Waals surface area contributed by atoms with Crippen molar-refractivity contribution in [2.24, 2.45) is 0 Å². The Bertz CT molecular complexity index is 671. The number of Topliss-reactive ketones (excluding diaryl/α,β-unsaturated/α-hetero) is 1. The zero-order chi connectivity index (χ0) is 14.3. The lowest BCUT2D eigenvalue weighted by molar-refractivity contribution is 0.0961. The molecule has 0 aromatic heterocycles. The second-order valence-corrected chi connectivity index (χ2v) is 5.44. The normalized spacial score (nSPS) is 17.9. The van der Waals surface area contributed by atoms with Gasteiger partial charge in [0.25, 0.3) is 0 Å². The fraction of sp³-hybridized carbons (Fsp3) is 0.235. The standard InChI is InChI=1S/C17H16O3/c1-10-2-4-11(5-3-10)12-6-13-7-14(18)9-16(20)17(13)15(19)8-12/h2-5,7,9,12,18,20H,6,8H2,1H3/t12-/m0/s1. The molecule has 0 heterocycles. The number of aromatic hydroxyl groups is 2. The van der Waals surface area contributed by atoms with Crippen LogP contribution in [0.1, 0.15) is 39.4 Å². The van der Waals surface area contributed by atoms with Gasteiger partial charge in [0, 0.05) is 12.5 Å². The average molecular weight is 268 g/mol. The zero-order valence-electron chi connectivity index (χ0n) is 11.3. The van der Waals surface area contributed by atoms with Crippen molar-refractivity contribution < 1.29 is 15.0 Å². The van der Waals surface area contributed by atoms with Crippen LogP contribution in [0.15, 0.2) is 36.4 Å². The van der Waals surface area contributed by atoms with E-state index in [4.69, 9.17) is 0 Å². The summed E-state index contributed by atoms with van der Waals surface area (Å²) in [7, 11) is 0. The van der Waals surface area contributed by atoms with Crippen molar-refractivity contribution in [2.45, 2.75) is 25.7 Å². The van der Waals surface area contributed by atoms with Crippen molar-refractivity contribution in [3.8, 4) is 11.5 Å². The van der Waals surface area contributed by atoms with Crippen LogP contribution in [0.3, 0.4) is 0 Å². The summed E-state index contributed by atoms with van der Waals surface area (Å²) in [5, 5.41) is 19.4. The first kappa shape index (κ1) is 12.7. The van der Waals surface area contributed by atoms with E-state index in [1.54, 1.807) is 6.07 Å². The van der Waals surface area contributed by atoms with Gasteiger partial charge in [0.05, 0.1) is 5.56 Å². The van der Waals surface area contributed by atoms with Crippen molar-refractivity contribution in [2.75, 3.05) is 0 Å². The van der Waals surface area contributed by atoms with E-state index >= 15 is 0 Å². The molecule has 3 nitrogen and oxygen atoms in total. The summed E-state index contributed by atoms with van der Waals surface area (Å²) in [6, 6.07) is 11.0. The lowest BCUT2D eigenvalue weighted by Crippen LogP contribution is -2.18. The minimum absolute atomic E-state index is 0.00129. The fourth-order valence-corrected chi connectivity index (χ4v) is 2.89. The van der Waals surface area contributed by atoms with Crippen LogP contribution < -0.4 is 0 Å². The van der Waals surface area contributed by atoms with Crippen LogP contribution >= 0.6 is 0 Å². The molecule has 0 fully saturated rings. The molecule has 102 valence electrons. The van der Waals surface area contributed by atoms with E-state index in [0.29, 0.717) is 18.4 Å². The Kier molecular flexibility index (Phi) is 2.97. The first-order valence-corrected chi connectivity index (χ1v) is 6.69. The predicted molar refractivity (Wildman–Crippen MR) is 76.3 cm³/mol. The van der Waals surface area contributed by atoms with Gasteiger partial charge in [0.15, 0.2) is 5.78 Å². The molecular weight excluding hydrogens is 252 g/mol. The van der Waals surface area contributed by atoms with E-state index in [0.717, 1.165) is 11.1 Å². The van der Waals surface area contributed by atoms with E-state index in [2.05, 4.69) is 0 Å². The molecule has 0 saturated heterocycles. The lowest BCUT2D eigenvalue weighted by atomic mass is 9.79. The largest absolute Gasteiger partial charge is 0.508 e. The average Bonchev–Trinajstić information content (AvgIpc) is 2.38. The third-order valence-electron chi connectivity index (χ3n) is 3.91. The molecule has 1 atom stereocenters. The fourth-order valence-electron chi connectivity index (χ4n) is 2.89. The van der Waals surface area contributed by atoms with Gasteiger partial charge in [-0.1, -0.05) is 29.8 Å². The minimum Gasteiger partial charge on any atom is -0.508 e. The van der Waals surface area contributed by atoms with E-state index in [1.807, 2.05) is 31.2 Å². The van der Waals surface area contributed by atoms with Crippen molar-refractivity contribution in [1.82, 2.24) is 0 Å². The number of ketones is 1. The molecule has 0 unspecified atom stereocenters. The molecule has 0 radical (unpaired) electrons. The first-order valence-electron chi connectivity index (χ1n) is 6.69. The molecule has 3 heteroatoms. The molecule has 2 aromatic carbocycles. The summed E-state index contributed by atoms with van der Waals surface area (Å²) in [4.78, 5) is 12.2. The lowest BCUT2D eigenvalue weighted by Gasteiger charge is -2.24. The van der Waals surface area contributed by atoms with Gasteiger partial charge >= 0.3 is 0 Å². The number of rotatable bonds is 1. The minimum atomic E-state index is -0.118. The Labute approximate surface area is 117 Å². The Balaban J connectivity index is 2.00. The van der Waals surface area contributed by atoms with Gasteiger partial charge in [-0.2, -0.15) is 0 Å². The van der Waals surface area contributed by atoms with Gasteiger partial charge in [0.2, 0.25) is 0 Å². The van der Waals surface area contributed by atoms with Crippen molar-refractivity contribution >= 4 is 5.78 Å².